The maximum atomic E-state index is 13.6. The third-order valence-corrected chi connectivity index (χ3v) is 18.4. The quantitative estimate of drug-likeness (QED) is 0.0212. The number of likely N-dealkylation sites (N-methyl/N-ethyl adjacent to an activating group) is 1. The summed E-state index contributed by atoms with van der Waals surface area (Å²) in [4.78, 5) is 40.3. The largest absolute Gasteiger partial charge is 0.756 e. The number of ether oxygens (including phenoxy) is 1. The number of esters is 1. The Labute approximate surface area is 553 Å². The number of carbonyl (C=O) groups is 2. The highest BCUT2D eigenvalue weighted by Crippen LogP contribution is 2.38. The van der Waals surface area contributed by atoms with E-state index in [2.05, 4.69) is 74.7 Å². The Balaban J connectivity index is 4.91. The molecule has 1 amide bonds. The number of hydrogen-bond acceptors (Lipinski definition) is 7. The highest BCUT2D eigenvalue weighted by molar-refractivity contribution is 7.45. The zero-order valence-corrected chi connectivity index (χ0v) is 60.8. The standard InChI is InChI=1S/C79H149N2O7P/c1-7-10-13-16-19-22-25-27-29-31-33-35-37-39-40-42-43-45-47-49-51-53-56-59-62-65-68-71-78(82)80-76(75-87-89(84,85)86-74-73-81(4,5)6)77(70-67-64-61-58-55-24-21-18-15-12-9-3)88-79(83)72-69-66-63-60-57-54-52-50-48-46-44-41-38-36-34-32-30-28-26-23-20-17-14-11-8-2/h19,22,27,29,33,35,39-40,67,70,76-77H,7-18,20-21,23-26,28,30-32,34,36-38,41-66,68-69,71-75H2,1-6H3,(H-,80,82,84,85)/b22-19-,29-27-,35-33-,40-39-,70-67+. The van der Waals surface area contributed by atoms with Gasteiger partial charge in [-0.2, -0.15) is 0 Å². The van der Waals surface area contributed by atoms with E-state index in [1.807, 2.05) is 33.3 Å². The second-order valence-electron chi connectivity index (χ2n) is 27.5. The second kappa shape index (κ2) is 68.6. The minimum atomic E-state index is -4.71. The van der Waals surface area contributed by atoms with Crippen LogP contribution >= 0.6 is 7.82 Å². The first-order valence-corrected chi connectivity index (χ1v) is 40.1. The third-order valence-electron chi connectivity index (χ3n) is 17.5. The SMILES string of the molecule is CCCCC/C=C\C/C=C\C/C=C\C/C=C\CCCCCCCCCCCCCC(=O)NC(COP(=O)([O-])OCC[N+](C)(C)C)C(/C=C/CCCCCCCCCCC)OC(=O)CCCCCCCCCCCCCCCCCCCCCCCCCCC. The van der Waals surface area contributed by atoms with E-state index in [0.717, 1.165) is 77.0 Å². The Morgan fingerprint density at radius 2 is 0.685 bits per heavy atom. The molecule has 10 heteroatoms. The van der Waals surface area contributed by atoms with Crippen LogP contribution in [0.1, 0.15) is 380 Å². The fraction of sp³-hybridized carbons (Fsp3) is 0.848. The van der Waals surface area contributed by atoms with Crippen LogP contribution in [0.25, 0.3) is 0 Å². The number of rotatable bonds is 71. The van der Waals surface area contributed by atoms with Gasteiger partial charge in [-0.3, -0.25) is 14.2 Å². The van der Waals surface area contributed by atoms with E-state index < -0.39 is 20.0 Å². The second-order valence-corrected chi connectivity index (χ2v) is 28.9. The molecule has 0 aliphatic heterocycles. The molecule has 0 fully saturated rings. The summed E-state index contributed by atoms with van der Waals surface area (Å²) in [6, 6.07) is -0.890. The number of nitrogens with zero attached hydrogens (tertiary/aromatic N) is 1. The first-order chi connectivity index (χ1) is 43.4. The van der Waals surface area contributed by atoms with Gasteiger partial charge >= 0.3 is 5.97 Å². The molecule has 0 aromatic rings. The predicted molar refractivity (Wildman–Crippen MR) is 385 cm³/mol. The van der Waals surface area contributed by atoms with Crippen LogP contribution in [-0.4, -0.2) is 69.4 Å². The molecule has 0 saturated carbocycles. The van der Waals surface area contributed by atoms with Crippen LogP contribution < -0.4 is 10.2 Å². The summed E-state index contributed by atoms with van der Waals surface area (Å²) in [5, 5.41) is 3.05. The van der Waals surface area contributed by atoms with Crippen LogP contribution in [-0.2, 0) is 27.9 Å². The van der Waals surface area contributed by atoms with Gasteiger partial charge in [-0.15, -0.1) is 0 Å². The molecular weight excluding hydrogens is 1120 g/mol. The maximum absolute atomic E-state index is 13.6. The molecule has 0 aromatic heterocycles. The van der Waals surface area contributed by atoms with E-state index in [1.54, 1.807) is 0 Å². The van der Waals surface area contributed by atoms with Crippen molar-refractivity contribution in [2.45, 2.75) is 392 Å². The van der Waals surface area contributed by atoms with E-state index >= 15 is 0 Å². The van der Waals surface area contributed by atoms with Gasteiger partial charge in [-0.25, -0.2) is 0 Å². The molecule has 0 saturated heterocycles. The number of allylic oxidation sites excluding steroid dienone is 9. The monoisotopic (exact) mass is 1270 g/mol. The molecule has 0 aliphatic rings. The molecule has 522 valence electrons. The molecule has 1 N–H and O–H groups in total. The lowest BCUT2D eigenvalue weighted by Crippen LogP contribution is -2.47. The number of carbonyl (C=O) groups excluding carboxylic acids is 2. The first-order valence-electron chi connectivity index (χ1n) is 38.6. The van der Waals surface area contributed by atoms with E-state index in [1.165, 1.54) is 270 Å². The Morgan fingerprint density at radius 3 is 1.04 bits per heavy atom. The van der Waals surface area contributed by atoms with E-state index in [9.17, 15) is 19.0 Å². The lowest BCUT2D eigenvalue weighted by Gasteiger charge is -2.30. The van der Waals surface area contributed by atoms with Gasteiger partial charge in [-0.1, -0.05) is 352 Å². The molecule has 0 spiro atoms. The van der Waals surface area contributed by atoms with Crippen LogP contribution in [0.5, 0.6) is 0 Å². The van der Waals surface area contributed by atoms with E-state index in [-0.39, 0.29) is 31.5 Å². The fourth-order valence-electron chi connectivity index (χ4n) is 11.5. The van der Waals surface area contributed by atoms with Gasteiger partial charge in [0.1, 0.15) is 19.3 Å². The molecule has 0 radical (unpaired) electrons. The summed E-state index contributed by atoms with van der Waals surface area (Å²) in [7, 11) is 1.20. The Hall–Kier alpha value is -2.29. The molecule has 0 aromatic carbocycles. The van der Waals surface area contributed by atoms with Crippen LogP contribution in [0, 0.1) is 0 Å². The maximum Gasteiger partial charge on any atom is 0.306 e. The topological polar surface area (TPSA) is 114 Å². The Kier molecular flexibility index (Phi) is 66.8. The summed E-state index contributed by atoms with van der Waals surface area (Å²) in [5.41, 5.74) is 0. The number of amides is 1. The molecule has 0 heterocycles. The smallest absolute Gasteiger partial charge is 0.306 e. The zero-order chi connectivity index (χ0) is 64.9. The summed E-state index contributed by atoms with van der Waals surface area (Å²) in [6.07, 6.45) is 89.4. The number of hydrogen-bond donors (Lipinski definition) is 1. The van der Waals surface area contributed by atoms with Gasteiger partial charge in [0.25, 0.3) is 7.82 Å². The van der Waals surface area contributed by atoms with Crippen molar-refractivity contribution in [1.82, 2.24) is 5.32 Å². The van der Waals surface area contributed by atoms with Gasteiger partial charge in [0, 0.05) is 12.8 Å². The average molecular weight is 1270 g/mol. The fourth-order valence-corrected chi connectivity index (χ4v) is 12.2. The van der Waals surface area contributed by atoms with Crippen LogP contribution in [0.3, 0.4) is 0 Å². The van der Waals surface area contributed by atoms with Crippen molar-refractivity contribution in [3.8, 4) is 0 Å². The summed E-state index contributed by atoms with van der Waals surface area (Å²) in [5.74, 6) is -0.527. The van der Waals surface area contributed by atoms with E-state index in [0.29, 0.717) is 17.4 Å². The summed E-state index contributed by atoms with van der Waals surface area (Å²) < 4.78 is 30.5. The number of phosphoric ester groups is 1. The highest BCUT2D eigenvalue weighted by Gasteiger charge is 2.27. The van der Waals surface area contributed by atoms with Gasteiger partial charge in [0.05, 0.1) is 33.8 Å². The van der Waals surface area contributed by atoms with Gasteiger partial charge in [0.15, 0.2) is 0 Å². The van der Waals surface area contributed by atoms with Crippen molar-refractivity contribution >= 4 is 19.7 Å². The molecular formula is C79H149N2O7P. The minimum Gasteiger partial charge on any atom is -0.756 e. The zero-order valence-electron chi connectivity index (χ0n) is 59.9. The molecule has 0 bridgehead atoms. The van der Waals surface area contributed by atoms with Crippen molar-refractivity contribution in [2.24, 2.45) is 0 Å². The van der Waals surface area contributed by atoms with Crippen molar-refractivity contribution in [1.29, 1.82) is 0 Å². The normalized spacial score (nSPS) is 13.7. The highest BCUT2D eigenvalue weighted by atomic mass is 31.2. The Morgan fingerprint density at radius 1 is 0.393 bits per heavy atom. The lowest BCUT2D eigenvalue weighted by molar-refractivity contribution is -0.870. The molecule has 0 aliphatic carbocycles. The first kappa shape index (κ1) is 86.7. The number of quaternary nitrogens is 1. The number of unbranched alkanes of at least 4 members (excludes halogenated alkanes) is 47. The van der Waals surface area contributed by atoms with Crippen LogP contribution in [0.15, 0.2) is 60.8 Å². The summed E-state index contributed by atoms with van der Waals surface area (Å²) >= 11 is 0. The summed E-state index contributed by atoms with van der Waals surface area (Å²) in [6.45, 7) is 6.87. The van der Waals surface area contributed by atoms with Crippen molar-refractivity contribution in [3.05, 3.63) is 60.8 Å². The minimum absolute atomic E-state index is 0.0220. The van der Waals surface area contributed by atoms with Gasteiger partial charge in [-0.05, 0) is 76.7 Å². The van der Waals surface area contributed by atoms with Crippen molar-refractivity contribution < 1.29 is 37.3 Å². The molecule has 89 heavy (non-hydrogen) atoms. The lowest BCUT2D eigenvalue weighted by atomic mass is 10.0. The average Bonchev–Trinajstić information content (AvgIpc) is 3.70. The van der Waals surface area contributed by atoms with Crippen LogP contribution in [0.4, 0.5) is 0 Å². The Bertz CT molecular complexity index is 1700. The van der Waals surface area contributed by atoms with E-state index in [4.69, 9.17) is 13.8 Å². The van der Waals surface area contributed by atoms with Gasteiger partial charge < -0.3 is 28.5 Å². The van der Waals surface area contributed by atoms with Crippen molar-refractivity contribution in [2.75, 3.05) is 40.9 Å². The number of phosphoric acid groups is 1. The number of nitrogens with one attached hydrogen (secondary N) is 1. The molecule has 3 unspecified atom stereocenters. The third kappa shape index (κ3) is 69.9. The molecule has 9 nitrogen and oxygen atoms in total. The molecule has 3 atom stereocenters. The molecule has 0 rings (SSSR count). The van der Waals surface area contributed by atoms with Crippen molar-refractivity contribution in [3.63, 3.8) is 0 Å². The predicted octanol–water partition coefficient (Wildman–Crippen LogP) is 24.3. The van der Waals surface area contributed by atoms with Crippen LogP contribution in [0.2, 0.25) is 0 Å². The van der Waals surface area contributed by atoms with Gasteiger partial charge in [0.2, 0.25) is 5.91 Å².